The Hall–Kier alpha value is -3.43. The second-order valence-electron chi connectivity index (χ2n) is 6.42. The van der Waals surface area contributed by atoms with Gasteiger partial charge in [0.05, 0.1) is 0 Å². The monoisotopic (exact) mass is 400 g/mol. The molecule has 0 bridgehead atoms. The number of thioether (sulfide) groups is 1. The van der Waals surface area contributed by atoms with E-state index in [0.29, 0.717) is 11.5 Å². The molecular weight excluding hydrogens is 380 g/mol. The Morgan fingerprint density at radius 2 is 1.79 bits per heavy atom. The first-order valence-electron chi connectivity index (χ1n) is 9.06. The quantitative estimate of drug-likeness (QED) is 0.258. The lowest BCUT2D eigenvalue weighted by Gasteiger charge is -2.06. The van der Waals surface area contributed by atoms with E-state index in [0.717, 1.165) is 22.7 Å². The normalized spacial score (nSPS) is 11.0. The van der Waals surface area contributed by atoms with E-state index in [1.54, 1.807) is 17.8 Å². The summed E-state index contributed by atoms with van der Waals surface area (Å²) in [5, 5.41) is 12.3. The van der Waals surface area contributed by atoms with Crippen LogP contribution in [0.25, 0.3) is 0 Å². The maximum atomic E-state index is 12.8. The highest BCUT2D eigenvalue weighted by molar-refractivity contribution is 7.98. The molecule has 3 rings (SSSR count). The van der Waals surface area contributed by atoms with Crippen LogP contribution in [0, 0.1) is 25.2 Å². The molecule has 5 nitrogen and oxygen atoms in total. The zero-order valence-electron chi connectivity index (χ0n) is 16.2. The number of ketones is 1. The van der Waals surface area contributed by atoms with Gasteiger partial charge in [0.2, 0.25) is 11.7 Å². The SMILES string of the molecule is Cc1cc(C)nc(NC=C(C#N)C(=O)c2cccc(CSc3ccccc3)c2)n1. The molecule has 0 spiro atoms. The predicted octanol–water partition coefficient (Wildman–Crippen LogP) is 5.09. The number of carbonyl (C=O) groups excluding carboxylic acids is 1. The number of aromatic nitrogens is 2. The number of allylic oxidation sites excluding steroid dienone is 1. The van der Waals surface area contributed by atoms with E-state index in [2.05, 4.69) is 27.4 Å². The Morgan fingerprint density at radius 1 is 1.07 bits per heavy atom. The summed E-state index contributed by atoms with van der Waals surface area (Å²) in [5.41, 5.74) is 3.11. The van der Waals surface area contributed by atoms with Gasteiger partial charge in [-0.2, -0.15) is 5.26 Å². The van der Waals surface area contributed by atoms with Crippen molar-refractivity contribution in [3.63, 3.8) is 0 Å². The maximum Gasteiger partial charge on any atom is 0.227 e. The fourth-order valence-corrected chi connectivity index (χ4v) is 3.58. The Kier molecular flexibility index (Phi) is 6.77. The predicted molar refractivity (Wildman–Crippen MR) is 116 cm³/mol. The molecular formula is C23H20N4OS. The molecule has 1 heterocycles. The van der Waals surface area contributed by atoms with Gasteiger partial charge in [0.25, 0.3) is 0 Å². The number of nitriles is 1. The van der Waals surface area contributed by atoms with Crippen molar-refractivity contribution in [2.45, 2.75) is 24.5 Å². The molecule has 6 heteroatoms. The van der Waals surface area contributed by atoms with Gasteiger partial charge in [0.1, 0.15) is 11.6 Å². The van der Waals surface area contributed by atoms with Crippen LogP contribution in [0.1, 0.15) is 27.3 Å². The van der Waals surface area contributed by atoms with Crippen molar-refractivity contribution in [1.82, 2.24) is 9.97 Å². The summed E-state index contributed by atoms with van der Waals surface area (Å²) in [4.78, 5) is 22.4. The molecule has 0 radical (unpaired) electrons. The number of Topliss-reactive ketones (excluding diaryl/α,β-unsaturated/α-hetero) is 1. The molecule has 0 fully saturated rings. The minimum atomic E-state index is -0.337. The van der Waals surface area contributed by atoms with Gasteiger partial charge in [-0.05, 0) is 43.7 Å². The Labute approximate surface area is 174 Å². The van der Waals surface area contributed by atoms with Crippen molar-refractivity contribution in [3.8, 4) is 6.07 Å². The van der Waals surface area contributed by atoms with E-state index in [1.165, 1.54) is 11.1 Å². The van der Waals surface area contributed by atoms with Crippen molar-refractivity contribution in [2.24, 2.45) is 0 Å². The number of rotatable bonds is 7. The molecule has 1 aromatic heterocycles. The molecule has 144 valence electrons. The fourth-order valence-electron chi connectivity index (χ4n) is 2.72. The van der Waals surface area contributed by atoms with Crippen LogP contribution in [0.3, 0.4) is 0 Å². The van der Waals surface area contributed by atoms with Gasteiger partial charge >= 0.3 is 0 Å². The van der Waals surface area contributed by atoms with E-state index in [9.17, 15) is 10.1 Å². The molecule has 0 saturated carbocycles. The number of anilines is 1. The first-order valence-corrected chi connectivity index (χ1v) is 10.0. The van der Waals surface area contributed by atoms with Crippen LogP contribution in [-0.2, 0) is 5.75 Å². The summed E-state index contributed by atoms with van der Waals surface area (Å²) in [6, 6.07) is 21.3. The Bertz CT molecular complexity index is 1070. The average molecular weight is 401 g/mol. The summed E-state index contributed by atoms with van der Waals surface area (Å²) in [7, 11) is 0. The highest BCUT2D eigenvalue weighted by Crippen LogP contribution is 2.23. The van der Waals surface area contributed by atoms with Gasteiger partial charge in [0.15, 0.2) is 0 Å². The largest absolute Gasteiger partial charge is 0.329 e. The van der Waals surface area contributed by atoms with Gasteiger partial charge in [-0.1, -0.05) is 36.4 Å². The first kappa shape index (κ1) is 20.3. The van der Waals surface area contributed by atoms with Crippen LogP contribution in [0.2, 0.25) is 0 Å². The molecule has 0 aliphatic heterocycles. The summed E-state index contributed by atoms with van der Waals surface area (Å²) < 4.78 is 0. The molecule has 3 aromatic rings. The van der Waals surface area contributed by atoms with Gasteiger partial charge < -0.3 is 5.32 Å². The molecule has 2 aromatic carbocycles. The number of aryl methyl sites for hydroxylation is 2. The van der Waals surface area contributed by atoms with Gasteiger partial charge in [-0.25, -0.2) is 9.97 Å². The number of nitrogens with zero attached hydrogens (tertiary/aromatic N) is 3. The second-order valence-corrected chi connectivity index (χ2v) is 7.47. The third-order valence-electron chi connectivity index (χ3n) is 4.03. The Balaban J connectivity index is 1.73. The number of nitrogens with one attached hydrogen (secondary N) is 1. The van der Waals surface area contributed by atoms with E-state index in [1.807, 2.05) is 62.4 Å². The molecule has 0 aliphatic carbocycles. The number of hydrogen-bond acceptors (Lipinski definition) is 6. The lowest BCUT2D eigenvalue weighted by Crippen LogP contribution is -2.06. The van der Waals surface area contributed by atoms with Crippen LogP contribution in [0.5, 0.6) is 0 Å². The van der Waals surface area contributed by atoms with E-state index in [4.69, 9.17) is 0 Å². The molecule has 0 unspecified atom stereocenters. The molecule has 0 aliphatic rings. The summed E-state index contributed by atoms with van der Waals surface area (Å²) in [6.45, 7) is 3.72. The van der Waals surface area contributed by atoms with Crippen molar-refractivity contribution in [3.05, 3.63) is 95.0 Å². The van der Waals surface area contributed by atoms with Crippen LogP contribution < -0.4 is 5.32 Å². The van der Waals surface area contributed by atoms with Crippen LogP contribution >= 0.6 is 11.8 Å². The lowest BCUT2D eigenvalue weighted by molar-refractivity contribution is 0.103. The molecule has 29 heavy (non-hydrogen) atoms. The molecule has 0 atom stereocenters. The third kappa shape index (κ3) is 5.77. The van der Waals surface area contributed by atoms with Crippen LogP contribution in [0.15, 0.2) is 77.3 Å². The zero-order chi connectivity index (χ0) is 20.6. The number of carbonyl (C=O) groups is 1. The zero-order valence-corrected chi connectivity index (χ0v) is 17.0. The van der Waals surface area contributed by atoms with Crippen molar-refractivity contribution in [1.29, 1.82) is 5.26 Å². The van der Waals surface area contributed by atoms with Gasteiger partial charge in [-0.15, -0.1) is 11.8 Å². The van der Waals surface area contributed by atoms with Gasteiger partial charge in [0, 0.05) is 33.8 Å². The van der Waals surface area contributed by atoms with Crippen LogP contribution in [0.4, 0.5) is 5.95 Å². The second kappa shape index (κ2) is 9.67. The van der Waals surface area contributed by atoms with E-state index in [-0.39, 0.29) is 11.4 Å². The smallest absolute Gasteiger partial charge is 0.227 e. The maximum absolute atomic E-state index is 12.8. The minimum Gasteiger partial charge on any atom is -0.329 e. The molecule has 1 N–H and O–H groups in total. The average Bonchev–Trinajstić information content (AvgIpc) is 2.73. The van der Waals surface area contributed by atoms with E-state index >= 15 is 0 Å². The van der Waals surface area contributed by atoms with Crippen LogP contribution in [-0.4, -0.2) is 15.8 Å². The molecule has 0 saturated heterocycles. The molecule has 0 amide bonds. The van der Waals surface area contributed by atoms with Crippen molar-refractivity contribution < 1.29 is 4.79 Å². The highest BCUT2D eigenvalue weighted by Gasteiger charge is 2.13. The summed E-state index contributed by atoms with van der Waals surface area (Å²) >= 11 is 1.70. The number of benzene rings is 2. The standard InChI is InChI=1S/C23H20N4OS/c1-16-11-17(2)27-23(26-16)25-14-20(13-24)22(28)19-8-6-7-18(12-19)15-29-21-9-4-3-5-10-21/h3-12,14H,15H2,1-2H3,(H,25,26,27). The van der Waals surface area contributed by atoms with E-state index < -0.39 is 0 Å². The Morgan fingerprint density at radius 3 is 2.48 bits per heavy atom. The van der Waals surface area contributed by atoms with Crippen molar-refractivity contribution >= 4 is 23.5 Å². The number of hydrogen-bond donors (Lipinski definition) is 1. The first-order chi connectivity index (χ1) is 14.0. The van der Waals surface area contributed by atoms with Crippen molar-refractivity contribution in [2.75, 3.05) is 5.32 Å². The summed E-state index contributed by atoms with van der Waals surface area (Å²) in [6.07, 6.45) is 1.36. The lowest BCUT2D eigenvalue weighted by atomic mass is 10.0. The third-order valence-corrected chi connectivity index (χ3v) is 5.11. The van der Waals surface area contributed by atoms with Gasteiger partial charge in [-0.3, -0.25) is 4.79 Å². The highest BCUT2D eigenvalue weighted by atomic mass is 32.2. The summed E-state index contributed by atoms with van der Waals surface area (Å²) in [5.74, 6) is 0.762. The topological polar surface area (TPSA) is 78.7 Å². The minimum absolute atomic E-state index is 0.000576. The fraction of sp³-hybridized carbons (Fsp3) is 0.130.